The first-order valence-corrected chi connectivity index (χ1v) is 35.1. The molecular formula is C43H86BrN6Na3O24S8. The van der Waals surface area contributed by atoms with Crippen molar-refractivity contribution in [3.63, 3.8) is 0 Å². The maximum Gasteiger partial charge on any atom is 1.00 e. The van der Waals surface area contributed by atoms with Crippen molar-refractivity contribution in [2.24, 2.45) is 5.73 Å². The van der Waals surface area contributed by atoms with Crippen LogP contribution in [0.3, 0.4) is 0 Å². The van der Waals surface area contributed by atoms with Crippen LogP contribution in [0.2, 0.25) is 0 Å². The molecule has 30 nitrogen and oxygen atoms in total. The molecular weight excluding hydrogens is 1390 g/mol. The second kappa shape index (κ2) is 97.3. The minimum absolute atomic E-state index is 0. The maximum absolute atomic E-state index is 11.0. The summed E-state index contributed by atoms with van der Waals surface area (Å²) >= 11 is 13.1. The Labute approximate surface area is 602 Å². The molecule has 0 radical (unpaired) electrons. The summed E-state index contributed by atoms with van der Waals surface area (Å²) in [6.07, 6.45) is 18.4. The first-order valence-electron chi connectivity index (χ1n) is 23.0. The van der Waals surface area contributed by atoms with E-state index < -0.39 is 80.9 Å². The number of rotatable bonds is 35. The number of carbonyl (C=O) groups is 11. The molecule has 0 unspecified atom stereocenters. The number of carboxylic acids is 2. The monoisotopic (exact) mass is 1470 g/mol. The molecule has 6 atom stereocenters. The number of aliphatic hydroxyl groups is 2. The molecule has 0 rings (SSSR count). The van der Waals surface area contributed by atoms with Gasteiger partial charge in [-0.25, -0.2) is 18.0 Å². The van der Waals surface area contributed by atoms with Crippen molar-refractivity contribution in [1.82, 2.24) is 26.6 Å². The number of ether oxygens (including phenoxy) is 2. The van der Waals surface area contributed by atoms with Crippen LogP contribution in [0.4, 0.5) is 0 Å². The number of halogens is 1. The van der Waals surface area contributed by atoms with Gasteiger partial charge in [0.05, 0.1) is 35.6 Å². The van der Waals surface area contributed by atoms with Crippen LogP contribution in [0.25, 0.3) is 0 Å². The van der Waals surface area contributed by atoms with Gasteiger partial charge >= 0.3 is 119 Å². The summed E-state index contributed by atoms with van der Waals surface area (Å²) in [6, 6.07) is -2.25. The van der Waals surface area contributed by atoms with Crippen LogP contribution in [0.1, 0.15) is 59.3 Å². The van der Waals surface area contributed by atoms with Crippen molar-refractivity contribution in [3.8, 4) is 0 Å². The van der Waals surface area contributed by atoms with Crippen molar-refractivity contribution in [2.75, 3.05) is 103 Å². The number of aliphatic carboxylic acids is 2. The Morgan fingerprint density at radius 1 is 0.600 bits per heavy atom. The largest absolute Gasteiger partial charge is 1.00 e. The van der Waals surface area contributed by atoms with E-state index in [2.05, 4.69) is 58.2 Å². The molecule has 85 heavy (non-hydrogen) atoms. The molecule has 0 aromatic carbocycles. The molecule has 12 N–H and O–H groups in total. The molecule has 490 valence electrons. The van der Waals surface area contributed by atoms with Gasteiger partial charge < -0.3 is 84.8 Å². The Morgan fingerprint density at radius 2 is 0.882 bits per heavy atom. The van der Waals surface area contributed by atoms with E-state index in [9.17, 15) is 60.9 Å². The van der Waals surface area contributed by atoms with E-state index >= 15 is 0 Å². The number of aliphatic hydroxyl groups excluding tert-OH is 2. The van der Waals surface area contributed by atoms with Crippen molar-refractivity contribution in [2.45, 2.75) is 95.5 Å². The van der Waals surface area contributed by atoms with Crippen LogP contribution in [-0.4, -0.2) is 251 Å². The maximum atomic E-state index is 11.0. The van der Waals surface area contributed by atoms with Gasteiger partial charge in [0, 0.05) is 37.9 Å². The summed E-state index contributed by atoms with van der Waals surface area (Å²) in [7, 11) is -6.06. The number of alkyl halides is 1. The number of carbonyl (C=O) groups excluding carboxylic acids is 8. The standard InChI is InChI=1S/C7H13NO3S.C6H12BrNOS.C6H13NO4S2.C6H11NO3S.C6H13NO2S.C5H11NO2S.C4H6O3.C2H6O.CH2O2.3Na.O3S/c1-11-7(10)6(8-5-9)3-4-12-2;1-10-3-2-6(4-7)8-5-9;1-12-3-2-6(7-5-8)4-13(9,10)11;1-11-3-2-5(6(9)10)7-4-8;1-10-3-2-6(4-8)7-5-9;1-9-3-2-4(6)5(7)8;1-3(5)7-4(2)6;1-2-3;2-1-3;;;;1-4(2)3/h5-6H,3-4H2,1-2H3,(H,8,9);5-6H,2-4H2,1H3,(H,8,9);5-6H,2-4H2,1H3,(H,7,8)(H,9,10,11);4-5H,2-3H2,1H3,(H,7,8)(H,9,10);5-6,8H,2-4H2,1H3,(H,7,9);4H,2-3,6H2,1H3,(H,7,8);1-2H3;3H,2H2,1H3;1H,(H,2,3);;;;/q;;;;;;;;;3*+1;-2/p-1/t3*6-;5-;6-;4-;;;;;;;/m000000......./s1. The van der Waals surface area contributed by atoms with Crippen LogP contribution in [0.5, 0.6) is 0 Å². The van der Waals surface area contributed by atoms with E-state index in [-0.39, 0.29) is 114 Å². The van der Waals surface area contributed by atoms with Crippen molar-refractivity contribution in [1.29, 1.82) is 0 Å². The Kier molecular flexibility index (Phi) is 132. The topological polar surface area (TPSA) is 508 Å². The van der Waals surface area contributed by atoms with Crippen molar-refractivity contribution >= 4 is 176 Å². The number of esters is 3. The summed E-state index contributed by atoms with van der Waals surface area (Å²) in [5.74, 6) is 1.19. The summed E-state index contributed by atoms with van der Waals surface area (Å²) < 4.78 is 64.9. The zero-order valence-electron chi connectivity index (χ0n) is 50.5. The average molecular weight is 1480 g/mol. The van der Waals surface area contributed by atoms with Crippen LogP contribution in [0, 0.1) is 0 Å². The fourth-order valence-corrected chi connectivity index (χ4v) is 8.12. The number of methoxy groups -OCH3 is 1. The smallest absolute Gasteiger partial charge is 0.917 e. The first kappa shape index (κ1) is 115. The minimum atomic E-state index is -4.26. The number of nitrogens with two attached hydrogens (primary N) is 1. The van der Waals surface area contributed by atoms with Crippen molar-refractivity contribution in [3.05, 3.63) is 0 Å². The van der Waals surface area contributed by atoms with Gasteiger partial charge in [-0.2, -0.15) is 81.6 Å². The Morgan fingerprint density at radius 3 is 1.14 bits per heavy atom. The molecule has 0 aliphatic carbocycles. The van der Waals surface area contributed by atoms with Gasteiger partial charge in [0.15, 0.2) is 0 Å². The zero-order valence-corrected chi connectivity index (χ0v) is 64.6. The molecule has 0 aromatic rings. The number of carboxylic acid groups (broad SMARTS) is 3. The van der Waals surface area contributed by atoms with E-state index in [0.29, 0.717) is 63.1 Å². The zero-order chi connectivity index (χ0) is 66.2. The van der Waals surface area contributed by atoms with Gasteiger partial charge in [-0.3, -0.25) is 43.2 Å². The van der Waals surface area contributed by atoms with E-state index in [4.69, 9.17) is 49.0 Å². The predicted octanol–water partition coefficient (Wildman–Crippen LogP) is -9.15. The van der Waals surface area contributed by atoms with Crippen molar-refractivity contribution < 1.29 is 202 Å². The molecule has 5 amide bonds. The van der Waals surface area contributed by atoms with Gasteiger partial charge in [-0.15, -0.1) is 0 Å². The number of thioether (sulfide) groups is 6. The predicted molar refractivity (Wildman–Crippen MR) is 327 cm³/mol. The van der Waals surface area contributed by atoms with Crippen LogP contribution in [0.15, 0.2) is 0 Å². The van der Waals surface area contributed by atoms with E-state index in [0.717, 1.165) is 53.3 Å². The Bertz CT molecular complexity index is 1700. The molecule has 0 saturated carbocycles. The quantitative estimate of drug-likeness (QED) is 0.00410. The third-order valence-electron chi connectivity index (χ3n) is 7.52. The van der Waals surface area contributed by atoms with Gasteiger partial charge in [0.25, 0.3) is 6.47 Å². The number of amides is 5. The SMILES string of the molecule is CC(=O)OC(C)=O.CCO.COC(=O)[C@H](CCSC)NC=O.CSCC[C@@H](CBr)NC=O.CSCC[C@@H](CO)NC=O.CSCC[C@@H](CS(=O)(=O)[O-])NC=O.CSCC[C@H](N)C(=O)O.CSCC[C@H](NC=O)C(=O)O.O=CO.O=[S-](=O)[O-].[Na+].[Na+].[Na+]. The molecule has 0 bridgehead atoms. The third kappa shape index (κ3) is 129. The van der Waals surface area contributed by atoms with Gasteiger partial charge in [-0.1, -0.05) is 15.9 Å². The fraction of sp³-hybridized carbons (Fsp3) is 0.744. The number of hydrogen-bond donors (Lipinski definition) is 11. The Hall–Kier alpha value is -0.350. The van der Waals surface area contributed by atoms with Gasteiger partial charge in [0.2, 0.25) is 32.1 Å². The molecule has 0 spiro atoms. The van der Waals surface area contributed by atoms with Gasteiger partial charge in [0.1, 0.15) is 18.1 Å². The van der Waals surface area contributed by atoms with E-state index in [1.807, 2.05) is 31.3 Å². The summed E-state index contributed by atoms with van der Waals surface area (Å²) in [5, 5.41) is 52.9. The summed E-state index contributed by atoms with van der Waals surface area (Å²) in [6.45, 7) is 4.07. The Balaban J connectivity index is -0.0000000629. The number of nitrogens with one attached hydrogen (secondary N) is 5. The minimum Gasteiger partial charge on any atom is -0.917 e. The third-order valence-corrected chi connectivity index (χ3v) is 13.0. The second-order valence-electron chi connectivity index (χ2n) is 13.9. The molecule has 42 heteroatoms. The van der Waals surface area contributed by atoms with Crippen LogP contribution in [-0.2, 0) is 91.7 Å². The van der Waals surface area contributed by atoms with Crippen LogP contribution >= 0.6 is 86.5 Å². The average Bonchev–Trinajstić information content (AvgIpc) is 3.40. The van der Waals surface area contributed by atoms with Crippen LogP contribution < -0.4 is 121 Å². The molecule has 0 aliphatic rings. The molecule has 0 aromatic heterocycles. The molecule has 0 saturated heterocycles. The number of hydrogen-bond acceptors (Lipinski definition) is 29. The normalized spacial score (nSPS) is 11.1. The second-order valence-corrected chi connectivity index (χ2v) is 22.3. The van der Waals surface area contributed by atoms with Gasteiger partial charge in [-0.05, 0) is 118 Å². The molecule has 0 fully saturated rings. The fourth-order valence-electron chi connectivity index (χ4n) is 3.86. The van der Waals surface area contributed by atoms with E-state index in [1.165, 1.54) is 32.7 Å². The first-order chi connectivity index (χ1) is 38.5. The molecule has 0 heterocycles. The molecule has 0 aliphatic heterocycles. The summed E-state index contributed by atoms with van der Waals surface area (Å²) in [5.41, 5.74) is 5.19. The summed E-state index contributed by atoms with van der Waals surface area (Å²) in [4.78, 5) is 109. The van der Waals surface area contributed by atoms with E-state index in [1.54, 1.807) is 65.7 Å².